The summed E-state index contributed by atoms with van der Waals surface area (Å²) in [6, 6.07) is 3.84. The van der Waals surface area contributed by atoms with Gasteiger partial charge in [-0.15, -0.1) is 0 Å². The zero-order chi connectivity index (χ0) is 17.1. The van der Waals surface area contributed by atoms with Gasteiger partial charge in [-0.2, -0.15) is 0 Å². The van der Waals surface area contributed by atoms with Crippen molar-refractivity contribution in [2.45, 2.75) is 25.8 Å². The largest absolute Gasteiger partial charge is 0.548 e. The first-order valence-electron chi connectivity index (χ1n) is 6.78. The first-order valence-corrected chi connectivity index (χ1v) is 8.76. The van der Waals surface area contributed by atoms with Gasteiger partial charge in [-0.05, 0) is 30.2 Å². The Hall–Kier alpha value is -1.08. The van der Waals surface area contributed by atoms with Crippen LogP contribution in [0.4, 0.5) is 0 Å². The fraction of sp³-hybridized carbons (Fsp3) is 0.267. The van der Waals surface area contributed by atoms with Crippen molar-refractivity contribution in [3.63, 3.8) is 0 Å². The number of nitrogens with zero attached hydrogens (tertiary/aromatic N) is 1. The predicted octanol–water partition coefficient (Wildman–Crippen LogP) is 3.11. The molecule has 1 atom stereocenters. The highest BCUT2D eigenvalue weighted by molar-refractivity contribution is 8.26. The number of carbonyl (C=O) groups is 2. The molecule has 1 fully saturated rings. The highest BCUT2D eigenvalue weighted by Gasteiger charge is 2.37. The Morgan fingerprint density at radius 3 is 2.74 bits per heavy atom. The number of aliphatic carboxylic acids is 1. The summed E-state index contributed by atoms with van der Waals surface area (Å²) >= 11 is 18.1. The number of carbonyl (C=O) groups excluding carboxylic acids is 2. The zero-order valence-electron chi connectivity index (χ0n) is 12.0. The number of carboxylic acid groups (broad SMARTS) is 1. The van der Waals surface area contributed by atoms with E-state index < -0.39 is 17.9 Å². The second-order valence-electron chi connectivity index (χ2n) is 4.84. The van der Waals surface area contributed by atoms with Crippen LogP contribution >= 0.6 is 47.2 Å². The fourth-order valence-corrected chi connectivity index (χ4v) is 3.94. The molecule has 0 N–H and O–H groups in total. The van der Waals surface area contributed by atoms with Crippen LogP contribution in [0.25, 0.3) is 6.08 Å². The third-order valence-electron chi connectivity index (χ3n) is 3.22. The van der Waals surface area contributed by atoms with Crippen molar-refractivity contribution < 1.29 is 14.7 Å². The van der Waals surface area contributed by atoms with Gasteiger partial charge in [0.15, 0.2) is 0 Å². The summed E-state index contributed by atoms with van der Waals surface area (Å²) in [5.74, 6) is -1.76. The molecule has 1 heterocycles. The van der Waals surface area contributed by atoms with Crippen LogP contribution in [0.5, 0.6) is 0 Å². The molecule has 1 aliphatic rings. The maximum Gasteiger partial charge on any atom is 0.266 e. The van der Waals surface area contributed by atoms with E-state index in [-0.39, 0.29) is 10.7 Å². The van der Waals surface area contributed by atoms with E-state index in [2.05, 4.69) is 0 Å². The summed E-state index contributed by atoms with van der Waals surface area (Å²) < 4.78 is 0.203. The third-order valence-corrected chi connectivity index (χ3v) is 5.11. The molecule has 4 nitrogen and oxygen atoms in total. The summed E-state index contributed by atoms with van der Waals surface area (Å²) in [7, 11) is 0. The van der Waals surface area contributed by atoms with Crippen molar-refractivity contribution in [2.24, 2.45) is 0 Å². The molecule has 2 rings (SSSR count). The first kappa shape index (κ1) is 18.3. The number of rotatable bonds is 5. The smallest absolute Gasteiger partial charge is 0.266 e. The van der Waals surface area contributed by atoms with Crippen LogP contribution in [0.2, 0.25) is 10.0 Å². The Bertz CT molecular complexity index is 706. The highest BCUT2D eigenvalue weighted by atomic mass is 35.5. The van der Waals surface area contributed by atoms with Gasteiger partial charge in [0.05, 0.1) is 16.9 Å². The van der Waals surface area contributed by atoms with Crippen molar-refractivity contribution in [3.05, 3.63) is 38.7 Å². The molecule has 0 aliphatic carbocycles. The normalized spacial score (nSPS) is 17.9. The van der Waals surface area contributed by atoms with Gasteiger partial charge in [-0.1, -0.05) is 66.6 Å². The summed E-state index contributed by atoms with van der Waals surface area (Å²) in [4.78, 5) is 25.2. The van der Waals surface area contributed by atoms with Gasteiger partial charge in [0.25, 0.3) is 5.91 Å². The summed E-state index contributed by atoms with van der Waals surface area (Å²) in [6.07, 6.45) is 2.46. The number of benzene rings is 1. The zero-order valence-corrected chi connectivity index (χ0v) is 15.2. The van der Waals surface area contributed by atoms with Crippen LogP contribution in [-0.4, -0.2) is 27.1 Å². The lowest BCUT2D eigenvalue weighted by atomic mass is 10.1. The first-order chi connectivity index (χ1) is 10.8. The minimum absolute atomic E-state index is 0.203. The van der Waals surface area contributed by atoms with Crippen molar-refractivity contribution in [1.82, 2.24) is 4.90 Å². The van der Waals surface area contributed by atoms with E-state index in [1.807, 2.05) is 6.92 Å². The van der Waals surface area contributed by atoms with Crippen LogP contribution in [0.15, 0.2) is 23.1 Å². The molecule has 0 spiro atoms. The van der Waals surface area contributed by atoms with E-state index >= 15 is 0 Å². The lowest BCUT2D eigenvalue weighted by Crippen LogP contribution is -2.49. The molecule has 122 valence electrons. The Labute approximate surface area is 153 Å². The van der Waals surface area contributed by atoms with E-state index in [0.29, 0.717) is 26.9 Å². The van der Waals surface area contributed by atoms with Crippen LogP contribution in [0, 0.1) is 0 Å². The summed E-state index contributed by atoms with van der Waals surface area (Å²) in [5, 5.41) is 12.2. The Morgan fingerprint density at radius 1 is 1.48 bits per heavy atom. The maximum atomic E-state index is 12.5. The molecule has 1 aromatic carbocycles. The van der Waals surface area contributed by atoms with E-state index in [9.17, 15) is 14.7 Å². The molecule has 0 aromatic heterocycles. The Balaban J connectivity index is 2.33. The Kier molecular flexibility index (Phi) is 6.08. The van der Waals surface area contributed by atoms with Crippen molar-refractivity contribution in [3.8, 4) is 0 Å². The standard InChI is InChI=1S/C15H13Cl2NO3S2/c1-2-3-11(14(20)21)18-13(19)12(23-15(18)22)6-8-4-5-9(16)7-10(8)17/h4-7,11H,2-3H2,1H3,(H,20,21)/p-1/b12-6-/t11-/m1/s1. The molecule has 1 saturated heterocycles. The molecule has 0 bridgehead atoms. The molecule has 0 unspecified atom stereocenters. The number of carboxylic acids is 1. The van der Waals surface area contributed by atoms with Crippen LogP contribution in [-0.2, 0) is 9.59 Å². The van der Waals surface area contributed by atoms with Crippen molar-refractivity contribution in [2.75, 3.05) is 0 Å². The number of halogens is 2. The van der Waals surface area contributed by atoms with Gasteiger partial charge in [-0.25, -0.2) is 0 Å². The summed E-state index contributed by atoms with van der Waals surface area (Å²) in [5.41, 5.74) is 0.608. The van der Waals surface area contributed by atoms with Crippen molar-refractivity contribution in [1.29, 1.82) is 0 Å². The molecule has 23 heavy (non-hydrogen) atoms. The van der Waals surface area contributed by atoms with Gasteiger partial charge in [0.1, 0.15) is 4.32 Å². The molecule has 0 radical (unpaired) electrons. The van der Waals surface area contributed by atoms with Gasteiger partial charge >= 0.3 is 0 Å². The molecule has 8 heteroatoms. The van der Waals surface area contributed by atoms with Gasteiger partial charge in [0, 0.05) is 10.0 Å². The van der Waals surface area contributed by atoms with Crippen LogP contribution < -0.4 is 5.11 Å². The minimum atomic E-state index is -1.31. The molecular weight excluding hydrogens is 377 g/mol. The molecule has 1 amide bonds. The fourth-order valence-electron chi connectivity index (χ4n) is 2.13. The highest BCUT2D eigenvalue weighted by Crippen LogP contribution is 2.36. The number of thiocarbonyl (C=S) groups is 1. The number of hydrogen-bond acceptors (Lipinski definition) is 5. The Morgan fingerprint density at radius 2 is 2.17 bits per heavy atom. The third kappa shape index (κ3) is 4.07. The maximum absolute atomic E-state index is 12.5. The van der Waals surface area contributed by atoms with Crippen molar-refractivity contribution >= 4 is 69.5 Å². The second kappa shape index (κ2) is 7.66. The number of hydrogen-bond donors (Lipinski definition) is 0. The second-order valence-corrected chi connectivity index (χ2v) is 7.36. The molecule has 0 saturated carbocycles. The topological polar surface area (TPSA) is 60.4 Å². The van der Waals surface area contributed by atoms with E-state index in [4.69, 9.17) is 35.4 Å². The monoisotopic (exact) mass is 388 g/mol. The van der Waals surface area contributed by atoms with E-state index in [0.717, 1.165) is 16.7 Å². The lowest BCUT2D eigenvalue weighted by molar-refractivity contribution is -0.310. The quantitative estimate of drug-likeness (QED) is 0.572. The van der Waals surface area contributed by atoms with Gasteiger partial charge in [0.2, 0.25) is 0 Å². The van der Waals surface area contributed by atoms with Gasteiger partial charge < -0.3 is 9.90 Å². The molecule has 1 aliphatic heterocycles. The average Bonchev–Trinajstić information content (AvgIpc) is 2.74. The van der Waals surface area contributed by atoms with E-state index in [1.165, 1.54) is 0 Å². The molecular formula is C15H12Cl2NO3S2-. The van der Waals surface area contributed by atoms with Crippen LogP contribution in [0.3, 0.4) is 0 Å². The molecule has 1 aromatic rings. The number of thioether (sulfide) groups is 1. The van der Waals surface area contributed by atoms with Gasteiger partial charge in [-0.3, -0.25) is 9.69 Å². The average molecular weight is 389 g/mol. The minimum Gasteiger partial charge on any atom is -0.548 e. The number of amides is 1. The summed E-state index contributed by atoms with van der Waals surface area (Å²) in [6.45, 7) is 1.83. The lowest BCUT2D eigenvalue weighted by Gasteiger charge is -2.27. The van der Waals surface area contributed by atoms with E-state index in [1.54, 1.807) is 24.3 Å². The predicted molar refractivity (Wildman–Crippen MR) is 95.2 cm³/mol. The SMILES string of the molecule is CCC[C@H](C(=O)[O-])N1C(=O)/C(=C/c2ccc(Cl)cc2Cl)SC1=S. The van der Waals surface area contributed by atoms with Crippen LogP contribution in [0.1, 0.15) is 25.3 Å².